The summed E-state index contributed by atoms with van der Waals surface area (Å²) in [6.45, 7) is 7.52. The minimum absolute atomic E-state index is 0.0607. The van der Waals surface area contributed by atoms with Crippen molar-refractivity contribution in [2.75, 3.05) is 13.2 Å². The maximum Gasteiger partial charge on any atom is 0.326 e. The van der Waals surface area contributed by atoms with Crippen molar-refractivity contribution in [3.05, 3.63) is 0 Å². The summed E-state index contributed by atoms with van der Waals surface area (Å²) in [5.41, 5.74) is 10.7. The third-order valence-electron chi connectivity index (χ3n) is 7.30. The lowest BCUT2D eigenvalue weighted by molar-refractivity contribution is -0.145. The number of aliphatic carboxylic acids is 1. The average Bonchev–Trinajstić information content (AvgIpc) is 3.44. The van der Waals surface area contributed by atoms with Crippen LogP contribution in [0.3, 0.4) is 0 Å². The molecule has 6 amide bonds. The third kappa shape index (κ3) is 12.2. The van der Waals surface area contributed by atoms with Crippen molar-refractivity contribution in [2.45, 2.75) is 109 Å². The van der Waals surface area contributed by atoms with Gasteiger partial charge in [0.2, 0.25) is 35.4 Å². The first-order chi connectivity index (χ1) is 20.9. The number of nitrogens with zero attached hydrogens (tertiary/aromatic N) is 1. The molecule has 1 saturated heterocycles. The molecule has 0 saturated carbocycles. The SMILES string of the molecule is CC(C)CC(NC(=O)C1CCCN1C(=O)C(NC(=O)C(CCC(N)=O)NC(=O)C(N)CO)C(C)O)C(=O)NC(C(=O)O)C(C)C. The Morgan fingerprint density at radius 3 is 1.93 bits per heavy atom. The number of rotatable bonds is 18. The van der Waals surface area contributed by atoms with Crippen LogP contribution in [0.2, 0.25) is 0 Å². The lowest BCUT2D eigenvalue weighted by Crippen LogP contribution is -2.61. The maximum atomic E-state index is 13.6. The molecule has 0 aliphatic carbocycles. The quantitative estimate of drug-likeness (QED) is 0.0712. The van der Waals surface area contributed by atoms with Crippen molar-refractivity contribution < 1.29 is 48.9 Å². The minimum Gasteiger partial charge on any atom is -0.480 e. The standard InChI is InChI=1S/C28H49N7O10/c1-13(2)11-18(25(41)33-21(14(3)4)28(44)45)32-26(42)19-7-6-10-35(19)27(43)22(15(5)37)34-24(40)17(8-9-20(30)38)31-23(39)16(29)12-36/h13-19,21-22,36-37H,6-12,29H2,1-5H3,(H2,30,38)(H,31,39)(H,32,42)(H,33,41)(H,34,40)(H,44,45). The monoisotopic (exact) mass is 643 g/mol. The van der Waals surface area contributed by atoms with Gasteiger partial charge in [-0.3, -0.25) is 28.8 Å². The fourth-order valence-electron chi connectivity index (χ4n) is 4.78. The number of amides is 6. The second kappa shape index (κ2) is 18.2. The van der Waals surface area contributed by atoms with Gasteiger partial charge in [0.1, 0.15) is 36.3 Å². The van der Waals surface area contributed by atoms with E-state index >= 15 is 0 Å². The highest BCUT2D eigenvalue weighted by atomic mass is 16.4. The first kappa shape index (κ1) is 39.2. The van der Waals surface area contributed by atoms with E-state index in [0.29, 0.717) is 6.42 Å². The topological polar surface area (TPSA) is 284 Å². The van der Waals surface area contributed by atoms with Crippen LogP contribution in [0.25, 0.3) is 0 Å². The Labute approximate surface area is 262 Å². The van der Waals surface area contributed by atoms with E-state index in [1.54, 1.807) is 13.8 Å². The van der Waals surface area contributed by atoms with E-state index in [9.17, 15) is 43.8 Å². The number of carboxylic acid groups (broad SMARTS) is 1. The number of likely N-dealkylation sites (tertiary alicyclic amines) is 1. The average molecular weight is 644 g/mol. The zero-order valence-corrected chi connectivity index (χ0v) is 26.4. The smallest absolute Gasteiger partial charge is 0.326 e. The van der Waals surface area contributed by atoms with Gasteiger partial charge in [0.25, 0.3) is 0 Å². The molecule has 1 aliphatic rings. The molecule has 0 spiro atoms. The van der Waals surface area contributed by atoms with E-state index < -0.39 is 96.3 Å². The minimum atomic E-state index is -1.57. The van der Waals surface area contributed by atoms with E-state index in [-0.39, 0.29) is 38.1 Å². The Kier molecular flexibility index (Phi) is 15.9. The van der Waals surface area contributed by atoms with E-state index in [2.05, 4.69) is 21.3 Å². The van der Waals surface area contributed by atoms with E-state index in [1.807, 2.05) is 13.8 Å². The number of nitrogens with one attached hydrogen (secondary N) is 4. The van der Waals surface area contributed by atoms with Crippen LogP contribution in [0.15, 0.2) is 0 Å². The van der Waals surface area contributed by atoms with Crippen molar-refractivity contribution in [3.63, 3.8) is 0 Å². The molecule has 1 fully saturated rings. The molecule has 256 valence electrons. The van der Waals surface area contributed by atoms with Crippen LogP contribution in [0, 0.1) is 11.8 Å². The van der Waals surface area contributed by atoms with Crippen molar-refractivity contribution in [1.29, 1.82) is 0 Å². The molecule has 0 aromatic carbocycles. The lowest BCUT2D eigenvalue weighted by Gasteiger charge is -2.32. The molecule has 7 atom stereocenters. The molecular formula is C28H49N7O10. The molecule has 0 aromatic rings. The van der Waals surface area contributed by atoms with Gasteiger partial charge in [-0.1, -0.05) is 27.7 Å². The van der Waals surface area contributed by atoms with Crippen molar-refractivity contribution >= 4 is 41.4 Å². The van der Waals surface area contributed by atoms with Crippen LogP contribution in [-0.4, -0.2) is 117 Å². The maximum absolute atomic E-state index is 13.6. The number of carboxylic acids is 1. The van der Waals surface area contributed by atoms with E-state index in [4.69, 9.17) is 16.6 Å². The normalized spacial score (nSPS) is 18.7. The molecule has 45 heavy (non-hydrogen) atoms. The second-order valence-corrected chi connectivity index (χ2v) is 12.0. The van der Waals surface area contributed by atoms with Gasteiger partial charge in [-0.25, -0.2) is 4.79 Å². The zero-order chi connectivity index (χ0) is 34.6. The first-order valence-corrected chi connectivity index (χ1v) is 15.0. The molecule has 1 heterocycles. The van der Waals surface area contributed by atoms with Crippen LogP contribution >= 0.6 is 0 Å². The Balaban J connectivity index is 3.15. The third-order valence-corrected chi connectivity index (χ3v) is 7.30. The molecule has 1 aliphatic heterocycles. The number of primary amides is 1. The molecule has 17 heteroatoms. The van der Waals surface area contributed by atoms with Crippen LogP contribution in [-0.2, 0) is 33.6 Å². The fourth-order valence-corrected chi connectivity index (χ4v) is 4.78. The summed E-state index contributed by atoms with van der Waals surface area (Å²) in [7, 11) is 0. The molecule has 0 radical (unpaired) electrons. The van der Waals surface area contributed by atoms with E-state index in [0.717, 1.165) is 0 Å². The van der Waals surface area contributed by atoms with Crippen LogP contribution in [0.4, 0.5) is 0 Å². The number of aliphatic hydroxyl groups excluding tert-OH is 2. The van der Waals surface area contributed by atoms with Gasteiger partial charge in [-0.15, -0.1) is 0 Å². The summed E-state index contributed by atoms with van der Waals surface area (Å²) in [5, 5.41) is 38.8. The Morgan fingerprint density at radius 2 is 1.44 bits per heavy atom. The van der Waals surface area contributed by atoms with Gasteiger partial charge in [-0.05, 0) is 44.4 Å². The van der Waals surface area contributed by atoms with Crippen LogP contribution in [0.5, 0.6) is 0 Å². The summed E-state index contributed by atoms with van der Waals surface area (Å²) >= 11 is 0. The number of carbonyl (C=O) groups excluding carboxylic acids is 6. The number of carbonyl (C=O) groups is 7. The summed E-state index contributed by atoms with van der Waals surface area (Å²) < 4.78 is 0. The zero-order valence-electron chi connectivity index (χ0n) is 26.4. The van der Waals surface area contributed by atoms with Crippen LogP contribution < -0.4 is 32.7 Å². The molecular weight excluding hydrogens is 594 g/mol. The Morgan fingerprint density at radius 1 is 0.867 bits per heavy atom. The predicted octanol–water partition coefficient (Wildman–Crippen LogP) is -3.33. The van der Waals surface area contributed by atoms with Crippen molar-refractivity contribution in [1.82, 2.24) is 26.2 Å². The molecule has 0 aromatic heterocycles. The van der Waals surface area contributed by atoms with E-state index in [1.165, 1.54) is 11.8 Å². The highest BCUT2D eigenvalue weighted by Gasteiger charge is 2.41. The Hall–Kier alpha value is -3.83. The fraction of sp³-hybridized carbons (Fsp3) is 0.750. The van der Waals surface area contributed by atoms with Gasteiger partial charge in [0.05, 0.1) is 12.7 Å². The summed E-state index contributed by atoms with van der Waals surface area (Å²) in [6, 6.07) is -7.67. The van der Waals surface area contributed by atoms with Gasteiger partial charge in [0.15, 0.2) is 0 Å². The molecule has 17 nitrogen and oxygen atoms in total. The molecule has 7 unspecified atom stereocenters. The van der Waals surface area contributed by atoms with Gasteiger partial charge in [-0.2, -0.15) is 0 Å². The molecule has 1 rings (SSSR count). The van der Waals surface area contributed by atoms with Crippen molar-refractivity contribution in [2.24, 2.45) is 23.3 Å². The number of hydrogen-bond acceptors (Lipinski definition) is 10. The number of hydrogen-bond donors (Lipinski definition) is 9. The number of aliphatic hydroxyl groups is 2. The summed E-state index contributed by atoms with van der Waals surface area (Å²) in [6.07, 6.45) is -1.23. The van der Waals surface area contributed by atoms with Gasteiger partial charge < -0.3 is 53.0 Å². The van der Waals surface area contributed by atoms with Crippen LogP contribution in [0.1, 0.15) is 66.7 Å². The summed E-state index contributed by atoms with van der Waals surface area (Å²) in [4.78, 5) is 89.5. The first-order valence-electron chi connectivity index (χ1n) is 15.0. The molecule has 0 bridgehead atoms. The van der Waals surface area contributed by atoms with Crippen molar-refractivity contribution in [3.8, 4) is 0 Å². The second-order valence-electron chi connectivity index (χ2n) is 12.0. The highest BCUT2D eigenvalue weighted by Crippen LogP contribution is 2.20. The molecule has 11 N–H and O–H groups in total. The lowest BCUT2D eigenvalue weighted by atomic mass is 10.00. The highest BCUT2D eigenvalue weighted by molar-refractivity contribution is 5.97. The summed E-state index contributed by atoms with van der Waals surface area (Å²) in [5.74, 6) is -6.48. The predicted molar refractivity (Wildman–Crippen MR) is 160 cm³/mol. The Bertz CT molecular complexity index is 1080. The van der Waals surface area contributed by atoms with Gasteiger partial charge >= 0.3 is 5.97 Å². The van der Waals surface area contributed by atoms with Gasteiger partial charge in [0, 0.05) is 13.0 Å². The number of nitrogens with two attached hydrogens (primary N) is 2. The largest absolute Gasteiger partial charge is 0.480 e.